The predicted octanol–water partition coefficient (Wildman–Crippen LogP) is 4.21. The van der Waals surface area contributed by atoms with Crippen molar-refractivity contribution in [3.05, 3.63) is 83.0 Å². The molecule has 1 N–H and O–H groups in total. The van der Waals surface area contributed by atoms with E-state index in [2.05, 4.69) is 26.7 Å². The van der Waals surface area contributed by atoms with Crippen LogP contribution >= 0.6 is 11.6 Å². The maximum absolute atomic E-state index is 13.0. The zero-order valence-electron chi connectivity index (χ0n) is 14.5. The summed E-state index contributed by atoms with van der Waals surface area (Å²) in [5, 5.41) is 1.63. The number of carbonyl (C=O) groups is 1. The van der Waals surface area contributed by atoms with E-state index in [1.165, 1.54) is 5.69 Å². The Morgan fingerprint density at radius 1 is 1.11 bits per heavy atom. The number of carbonyl (C=O) groups excluding carboxylic acids is 1. The van der Waals surface area contributed by atoms with E-state index < -0.39 is 0 Å². The zero-order chi connectivity index (χ0) is 18.4. The van der Waals surface area contributed by atoms with Crippen molar-refractivity contribution in [1.29, 1.82) is 0 Å². The number of fused-ring (bicyclic) bond motifs is 2. The molecule has 5 rings (SSSR count). The van der Waals surface area contributed by atoms with E-state index in [4.69, 9.17) is 11.6 Å². The van der Waals surface area contributed by atoms with Crippen molar-refractivity contribution in [1.82, 2.24) is 19.4 Å². The van der Waals surface area contributed by atoms with Gasteiger partial charge in [-0.05, 0) is 30.3 Å². The molecule has 27 heavy (non-hydrogen) atoms. The Kier molecular flexibility index (Phi) is 3.76. The summed E-state index contributed by atoms with van der Waals surface area (Å²) in [7, 11) is 0. The molecule has 0 spiro atoms. The Bertz CT molecular complexity index is 1150. The van der Waals surface area contributed by atoms with Gasteiger partial charge in [0.2, 0.25) is 0 Å². The molecule has 0 atom stereocenters. The van der Waals surface area contributed by atoms with Gasteiger partial charge in [0.15, 0.2) is 0 Å². The molecule has 6 heteroatoms. The van der Waals surface area contributed by atoms with Gasteiger partial charge in [0, 0.05) is 40.3 Å². The summed E-state index contributed by atoms with van der Waals surface area (Å²) in [4.78, 5) is 22.6. The average molecular weight is 377 g/mol. The van der Waals surface area contributed by atoms with Gasteiger partial charge in [-0.3, -0.25) is 4.79 Å². The smallest absolute Gasteiger partial charge is 0.270 e. The summed E-state index contributed by atoms with van der Waals surface area (Å²) in [6.07, 6.45) is 2.63. The van der Waals surface area contributed by atoms with Crippen molar-refractivity contribution >= 4 is 28.4 Å². The lowest BCUT2D eigenvalue weighted by Gasteiger charge is -2.26. The molecule has 4 aromatic rings. The van der Waals surface area contributed by atoms with E-state index in [0.29, 0.717) is 23.8 Å². The number of hydrogen-bond donors (Lipinski definition) is 1. The zero-order valence-corrected chi connectivity index (χ0v) is 15.3. The number of halogens is 1. The van der Waals surface area contributed by atoms with Gasteiger partial charge < -0.3 is 14.5 Å². The molecule has 134 valence electrons. The second-order valence-electron chi connectivity index (χ2n) is 6.73. The molecular weight excluding hydrogens is 360 g/mol. The number of benzene rings is 2. The number of nitrogens with zero attached hydrogens (tertiary/aromatic N) is 3. The van der Waals surface area contributed by atoms with Crippen molar-refractivity contribution in [3.8, 4) is 5.69 Å². The largest absolute Gasteiger partial charge is 0.350 e. The fraction of sp³-hybridized carbons (Fsp3) is 0.143. The van der Waals surface area contributed by atoms with Gasteiger partial charge >= 0.3 is 0 Å². The molecule has 5 nitrogen and oxygen atoms in total. The number of amides is 1. The van der Waals surface area contributed by atoms with Crippen molar-refractivity contribution in [3.63, 3.8) is 0 Å². The number of aromatic amines is 1. The van der Waals surface area contributed by atoms with E-state index >= 15 is 0 Å². The summed E-state index contributed by atoms with van der Waals surface area (Å²) in [6.45, 7) is 1.19. The lowest BCUT2D eigenvalue weighted by atomic mass is 10.1. The van der Waals surface area contributed by atoms with Crippen LogP contribution in [0.5, 0.6) is 0 Å². The maximum Gasteiger partial charge on any atom is 0.270 e. The SMILES string of the molecule is O=C(c1cc2ccc(Cl)cc2[nH]1)N1CCc2c(ncn2-c2ccccc2)C1. The van der Waals surface area contributed by atoms with Crippen LogP contribution in [-0.4, -0.2) is 31.9 Å². The number of hydrogen-bond acceptors (Lipinski definition) is 2. The molecule has 0 bridgehead atoms. The van der Waals surface area contributed by atoms with Crippen molar-refractivity contribution in [2.75, 3.05) is 6.54 Å². The average Bonchev–Trinajstić information content (AvgIpc) is 3.31. The summed E-state index contributed by atoms with van der Waals surface area (Å²) in [5.41, 5.74) is 4.68. The van der Waals surface area contributed by atoms with Crippen LogP contribution in [0.15, 0.2) is 60.9 Å². The molecule has 1 aliphatic rings. The summed E-state index contributed by atoms with van der Waals surface area (Å²) >= 11 is 6.04. The summed E-state index contributed by atoms with van der Waals surface area (Å²) in [5.74, 6) is -0.0118. The van der Waals surface area contributed by atoms with Gasteiger partial charge in [0.1, 0.15) is 5.69 Å². The topological polar surface area (TPSA) is 53.9 Å². The molecule has 1 aliphatic heterocycles. The van der Waals surface area contributed by atoms with E-state index in [1.54, 1.807) is 0 Å². The van der Waals surface area contributed by atoms with Crippen molar-refractivity contribution in [2.45, 2.75) is 13.0 Å². The minimum atomic E-state index is -0.0118. The van der Waals surface area contributed by atoms with Gasteiger partial charge in [0.25, 0.3) is 5.91 Å². The number of aromatic nitrogens is 3. The number of rotatable bonds is 2. The van der Waals surface area contributed by atoms with Crippen molar-refractivity contribution in [2.24, 2.45) is 0 Å². The van der Waals surface area contributed by atoms with Crippen molar-refractivity contribution < 1.29 is 4.79 Å². The van der Waals surface area contributed by atoms with Crippen LogP contribution in [0.2, 0.25) is 5.02 Å². The van der Waals surface area contributed by atoms with E-state index in [9.17, 15) is 4.79 Å². The first-order valence-corrected chi connectivity index (χ1v) is 9.25. The van der Waals surface area contributed by atoms with Crippen LogP contribution in [0.3, 0.4) is 0 Å². The molecule has 2 aromatic heterocycles. The molecule has 0 saturated carbocycles. The van der Waals surface area contributed by atoms with Gasteiger partial charge in [-0.2, -0.15) is 0 Å². The lowest BCUT2D eigenvalue weighted by molar-refractivity contribution is 0.0726. The van der Waals surface area contributed by atoms with Crippen LogP contribution in [0.25, 0.3) is 16.6 Å². The fourth-order valence-electron chi connectivity index (χ4n) is 3.68. The Labute approximate surface area is 161 Å². The lowest BCUT2D eigenvalue weighted by Crippen LogP contribution is -2.36. The second-order valence-corrected chi connectivity index (χ2v) is 7.17. The van der Waals surface area contributed by atoms with Gasteiger partial charge in [-0.15, -0.1) is 0 Å². The highest BCUT2D eigenvalue weighted by Gasteiger charge is 2.26. The summed E-state index contributed by atoms with van der Waals surface area (Å²) in [6, 6.07) is 17.6. The molecule has 0 radical (unpaired) electrons. The Morgan fingerprint density at radius 2 is 1.96 bits per heavy atom. The highest BCUT2D eigenvalue weighted by molar-refractivity contribution is 6.31. The Hall–Kier alpha value is -3.05. The van der Waals surface area contributed by atoms with Gasteiger partial charge in [-0.25, -0.2) is 4.98 Å². The molecule has 2 aromatic carbocycles. The Balaban J connectivity index is 1.42. The highest BCUT2D eigenvalue weighted by atomic mass is 35.5. The number of H-pyrrole nitrogens is 1. The van der Waals surface area contributed by atoms with Crippen LogP contribution in [0.1, 0.15) is 21.9 Å². The molecular formula is C21H17ClN4O. The third kappa shape index (κ3) is 2.80. The molecule has 0 unspecified atom stereocenters. The number of imidazole rings is 1. The molecule has 0 saturated heterocycles. The quantitative estimate of drug-likeness (QED) is 0.570. The first kappa shape index (κ1) is 16.1. The normalized spacial score (nSPS) is 13.7. The third-order valence-corrected chi connectivity index (χ3v) is 5.28. The van der Waals surface area contributed by atoms with Gasteiger partial charge in [0.05, 0.1) is 18.6 Å². The fourth-order valence-corrected chi connectivity index (χ4v) is 3.85. The minimum Gasteiger partial charge on any atom is -0.350 e. The van der Waals surface area contributed by atoms with E-state index in [-0.39, 0.29) is 5.91 Å². The second kappa shape index (κ2) is 6.28. The first-order chi connectivity index (χ1) is 13.2. The third-order valence-electron chi connectivity index (χ3n) is 5.05. The minimum absolute atomic E-state index is 0.0118. The molecule has 0 fully saturated rings. The monoisotopic (exact) mass is 376 g/mol. The molecule has 0 aliphatic carbocycles. The van der Waals surface area contributed by atoms with Crippen LogP contribution in [-0.2, 0) is 13.0 Å². The standard InChI is InChI=1S/C21H17ClN4O/c22-15-7-6-14-10-18(24-17(14)11-15)21(27)25-9-8-20-19(12-25)23-13-26(20)16-4-2-1-3-5-16/h1-7,10-11,13,24H,8-9,12H2. The Morgan fingerprint density at radius 3 is 2.81 bits per heavy atom. The van der Waals surface area contributed by atoms with Gasteiger partial charge in [-0.1, -0.05) is 35.9 Å². The van der Waals surface area contributed by atoms with Crippen LogP contribution in [0.4, 0.5) is 0 Å². The van der Waals surface area contributed by atoms with Crippen LogP contribution in [0, 0.1) is 0 Å². The molecule has 3 heterocycles. The summed E-state index contributed by atoms with van der Waals surface area (Å²) < 4.78 is 2.11. The number of nitrogens with one attached hydrogen (secondary N) is 1. The molecule has 1 amide bonds. The first-order valence-electron chi connectivity index (χ1n) is 8.87. The van der Waals surface area contributed by atoms with Crippen LogP contribution < -0.4 is 0 Å². The van der Waals surface area contributed by atoms with E-state index in [1.807, 2.05) is 53.7 Å². The highest BCUT2D eigenvalue weighted by Crippen LogP contribution is 2.24. The predicted molar refractivity (Wildman–Crippen MR) is 105 cm³/mol. The van der Waals surface area contributed by atoms with E-state index in [0.717, 1.165) is 28.7 Å². The number of para-hydroxylation sites is 1. The maximum atomic E-state index is 13.0.